The number of benzene rings is 3. The highest BCUT2D eigenvalue weighted by atomic mass is 79.9. The molecule has 3 aromatic rings. The third-order valence-corrected chi connectivity index (χ3v) is 6.01. The van der Waals surface area contributed by atoms with Crippen LogP contribution >= 0.6 is 15.9 Å². The van der Waals surface area contributed by atoms with Gasteiger partial charge in [0.05, 0.1) is 17.7 Å². The van der Waals surface area contributed by atoms with E-state index in [4.69, 9.17) is 9.47 Å². The van der Waals surface area contributed by atoms with Gasteiger partial charge in [0.25, 0.3) is 17.5 Å². The molecule has 4 rings (SSSR count). The number of non-ortho nitro benzene ring substituents is 1. The molecule has 1 N–H and O–H groups in total. The van der Waals surface area contributed by atoms with Gasteiger partial charge < -0.3 is 9.47 Å². The van der Waals surface area contributed by atoms with Crippen molar-refractivity contribution in [2.24, 2.45) is 0 Å². The molecule has 1 heterocycles. The van der Waals surface area contributed by atoms with E-state index in [1.807, 2.05) is 24.3 Å². The quantitative estimate of drug-likeness (QED) is 0.196. The second-order valence-electron chi connectivity index (χ2n) is 7.53. The van der Waals surface area contributed by atoms with Crippen LogP contribution in [-0.2, 0) is 16.2 Å². The molecule has 36 heavy (non-hydrogen) atoms. The average molecular weight is 552 g/mol. The smallest absolute Gasteiger partial charge is 0.335 e. The lowest BCUT2D eigenvalue weighted by molar-refractivity contribution is -0.384. The molecule has 1 saturated heterocycles. The van der Waals surface area contributed by atoms with Crippen molar-refractivity contribution in [2.75, 3.05) is 12.0 Å². The van der Waals surface area contributed by atoms with Gasteiger partial charge in [0.1, 0.15) is 12.2 Å². The van der Waals surface area contributed by atoms with Crippen LogP contribution in [0.3, 0.4) is 0 Å². The average Bonchev–Trinajstić information content (AvgIpc) is 2.86. The van der Waals surface area contributed by atoms with E-state index in [-0.39, 0.29) is 23.6 Å². The lowest BCUT2D eigenvalue weighted by Gasteiger charge is -2.26. The predicted molar refractivity (Wildman–Crippen MR) is 134 cm³/mol. The molecule has 0 radical (unpaired) electrons. The summed E-state index contributed by atoms with van der Waals surface area (Å²) in [6, 6.07) is 16.4. The molecule has 0 aromatic heterocycles. The summed E-state index contributed by atoms with van der Waals surface area (Å²) in [6.07, 6.45) is 1.30. The molecule has 182 valence electrons. The van der Waals surface area contributed by atoms with Gasteiger partial charge in [0.2, 0.25) is 0 Å². The summed E-state index contributed by atoms with van der Waals surface area (Å²) in [5, 5.41) is 13.2. The molecule has 1 aliphatic heterocycles. The number of nitro groups is 1. The first-order valence-corrected chi connectivity index (χ1v) is 11.3. The van der Waals surface area contributed by atoms with Gasteiger partial charge in [-0.25, -0.2) is 9.69 Å². The van der Waals surface area contributed by atoms with E-state index in [9.17, 15) is 24.5 Å². The number of nitrogens with zero attached hydrogens (tertiary/aromatic N) is 2. The van der Waals surface area contributed by atoms with Crippen LogP contribution in [0.2, 0.25) is 0 Å². The zero-order valence-corrected chi connectivity index (χ0v) is 20.4. The molecule has 11 heteroatoms. The van der Waals surface area contributed by atoms with Crippen molar-refractivity contribution in [3.63, 3.8) is 0 Å². The van der Waals surface area contributed by atoms with Crippen molar-refractivity contribution >= 4 is 51.2 Å². The third-order valence-electron chi connectivity index (χ3n) is 5.24. The lowest BCUT2D eigenvalue weighted by atomic mass is 10.1. The van der Waals surface area contributed by atoms with Crippen LogP contribution in [-0.4, -0.2) is 29.9 Å². The number of urea groups is 1. The Labute approximate surface area is 213 Å². The maximum absolute atomic E-state index is 13.1. The van der Waals surface area contributed by atoms with Gasteiger partial charge in [-0.15, -0.1) is 0 Å². The number of hydrogen-bond donors (Lipinski definition) is 1. The van der Waals surface area contributed by atoms with Gasteiger partial charge >= 0.3 is 6.03 Å². The highest BCUT2D eigenvalue weighted by molar-refractivity contribution is 9.10. The molecule has 0 atom stereocenters. The monoisotopic (exact) mass is 551 g/mol. The number of hydrogen-bond acceptors (Lipinski definition) is 7. The van der Waals surface area contributed by atoms with Crippen molar-refractivity contribution in [3.05, 3.63) is 98.0 Å². The first-order valence-electron chi connectivity index (χ1n) is 10.5. The van der Waals surface area contributed by atoms with E-state index in [1.165, 1.54) is 31.4 Å². The Morgan fingerprint density at radius 1 is 1.03 bits per heavy atom. The van der Waals surface area contributed by atoms with Crippen molar-refractivity contribution in [1.82, 2.24) is 5.32 Å². The number of nitro benzene ring substituents is 1. The molecule has 0 spiro atoms. The molecule has 0 unspecified atom stereocenters. The van der Waals surface area contributed by atoms with Crippen molar-refractivity contribution in [3.8, 4) is 11.5 Å². The predicted octanol–water partition coefficient (Wildman–Crippen LogP) is 4.61. The number of nitrogens with one attached hydrogen (secondary N) is 1. The Morgan fingerprint density at radius 2 is 1.81 bits per heavy atom. The van der Waals surface area contributed by atoms with Crippen molar-refractivity contribution in [2.45, 2.75) is 6.61 Å². The maximum Gasteiger partial charge on any atom is 0.335 e. The number of carbonyl (C=O) groups excluding carboxylic acids is 3. The molecular formula is C25H18BrN3O7. The van der Waals surface area contributed by atoms with Gasteiger partial charge in [-0.05, 0) is 35.9 Å². The van der Waals surface area contributed by atoms with Gasteiger partial charge in [-0.1, -0.05) is 46.3 Å². The summed E-state index contributed by atoms with van der Waals surface area (Å²) in [7, 11) is 1.46. The molecular weight excluding hydrogens is 534 g/mol. The number of anilines is 1. The van der Waals surface area contributed by atoms with E-state index in [0.717, 1.165) is 16.1 Å². The molecule has 0 aliphatic carbocycles. The van der Waals surface area contributed by atoms with E-state index < -0.39 is 22.8 Å². The SMILES string of the molecule is COc1cc(/C=C2\C(=O)NC(=O)N(c3cccc([N+](=O)[O-])c3)C2=O)ccc1OCc1ccccc1Br. The van der Waals surface area contributed by atoms with Crippen LogP contribution in [0.1, 0.15) is 11.1 Å². The number of imide groups is 2. The van der Waals surface area contributed by atoms with E-state index in [1.54, 1.807) is 18.2 Å². The fraction of sp³-hybridized carbons (Fsp3) is 0.0800. The minimum absolute atomic E-state index is 0.0431. The van der Waals surface area contributed by atoms with Gasteiger partial charge in [0, 0.05) is 22.2 Å². The summed E-state index contributed by atoms with van der Waals surface area (Å²) in [5.74, 6) is -0.993. The van der Waals surface area contributed by atoms with Crippen molar-refractivity contribution < 1.29 is 28.8 Å². The molecule has 1 aliphatic rings. The number of halogens is 1. The summed E-state index contributed by atoms with van der Waals surface area (Å²) >= 11 is 3.47. The molecule has 1 fully saturated rings. The molecule has 0 saturated carbocycles. The summed E-state index contributed by atoms with van der Waals surface area (Å²) in [6.45, 7) is 0.277. The van der Waals surface area contributed by atoms with Crippen LogP contribution in [0.5, 0.6) is 11.5 Å². The Kier molecular flexibility index (Phi) is 7.11. The van der Waals surface area contributed by atoms with Gasteiger partial charge in [0.15, 0.2) is 11.5 Å². The summed E-state index contributed by atoms with van der Waals surface area (Å²) in [4.78, 5) is 49.1. The van der Waals surface area contributed by atoms with Crippen LogP contribution in [0.15, 0.2) is 76.8 Å². The Hall–Kier alpha value is -4.51. The number of carbonyl (C=O) groups is 3. The number of rotatable bonds is 7. The molecule has 10 nitrogen and oxygen atoms in total. The molecule has 4 amide bonds. The van der Waals surface area contributed by atoms with Crippen LogP contribution < -0.4 is 19.7 Å². The highest BCUT2D eigenvalue weighted by Gasteiger charge is 2.37. The Morgan fingerprint density at radius 3 is 2.53 bits per heavy atom. The van der Waals surface area contributed by atoms with Crippen LogP contribution in [0, 0.1) is 10.1 Å². The summed E-state index contributed by atoms with van der Waals surface area (Å²) < 4.78 is 12.2. The van der Waals surface area contributed by atoms with Crippen LogP contribution in [0.4, 0.5) is 16.2 Å². The highest BCUT2D eigenvalue weighted by Crippen LogP contribution is 2.31. The Bertz CT molecular complexity index is 1420. The number of ether oxygens (including phenoxy) is 2. The maximum atomic E-state index is 13.1. The first kappa shape index (κ1) is 24.6. The van der Waals surface area contributed by atoms with Crippen molar-refractivity contribution in [1.29, 1.82) is 0 Å². The number of barbiturate groups is 1. The largest absolute Gasteiger partial charge is 0.493 e. The van der Waals surface area contributed by atoms with E-state index >= 15 is 0 Å². The van der Waals surface area contributed by atoms with E-state index in [2.05, 4.69) is 21.2 Å². The Balaban J connectivity index is 1.61. The van der Waals surface area contributed by atoms with Gasteiger partial charge in [-0.2, -0.15) is 0 Å². The normalized spacial score (nSPS) is 14.6. The lowest BCUT2D eigenvalue weighted by Crippen LogP contribution is -2.54. The fourth-order valence-electron chi connectivity index (χ4n) is 3.47. The minimum atomic E-state index is -1.00. The molecule has 0 bridgehead atoms. The first-order chi connectivity index (χ1) is 17.3. The fourth-order valence-corrected chi connectivity index (χ4v) is 3.87. The van der Waals surface area contributed by atoms with Gasteiger partial charge in [-0.3, -0.25) is 25.0 Å². The van der Waals surface area contributed by atoms with Crippen LogP contribution in [0.25, 0.3) is 6.08 Å². The zero-order chi connectivity index (χ0) is 25.8. The summed E-state index contributed by atoms with van der Waals surface area (Å²) in [5.41, 5.74) is 0.690. The molecule has 3 aromatic carbocycles. The standard InChI is InChI=1S/C25H18BrN3O7/c1-35-22-12-15(9-10-21(22)36-14-16-5-2-3-8-20(16)26)11-19-23(30)27-25(32)28(24(19)31)17-6-4-7-18(13-17)29(33)34/h2-13H,14H2,1H3,(H,27,30,32)/b19-11+. The number of amides is 4. The second-order valence-corrected chi connectivity index (χ2v) is 8.38. The minimum Gasteiger partial charge on any atom is -0.493 e. The topological polar surface area (TPSA) is 128 Å². The van der Waals surface area contributed by atoms with E-state index in [0.29, 0.717) is 22.0 Å². The third kappa shape index (κ3) is 5.10. The second kappa shape index (κ2) is 10.4. The zero-order valence-electron chi connectivity index (χ0n) is 18.8. The number of methoxy groups -OCH3 is 1.